The Morgan fingerprint density at radius 2 is 2.32 bits per heavy atom. The molecule has 4 N–H and O–H groups in total. The highest BCUT2D eigenvalue weighted by Gasteiger charge is 2.52. The summed E-state index contributed by atoms with van der Waals surface area (Å²) < 4.78 is 0. The van der Waals surface area contributed by atoms with Crippen molar-refractivity contribution in [3.63, 3.8) is 0 Å². The van der Waals surface area contributed by atoms with Crippen molar-refractivity contribution in [2.75, 3.05) is 13.1 Å². The molecule has 2 aliphatic rings. The van der Waals surface area contributed by atoms with Crippen molar-refractivity contribution < 1.29 is 14.8 Å². The van der Waals surface area contributed by atoms with Crippen molar-refractivity contribution in [2.45, 2.75) is 38.6 Å². The number of carbonyl (C=O) groups is 2. The summed E-state index contributed by atoms with van der Waals surface area (Å²) in [6.45, 7) is 2.80. The molecule has 0 aromatic carbocycles. The summed E-state index contributed by atoms with van der Waals surface area (Å²) >= 11 is 0. The minimum atomic E-state index is -0.903. The Labute approximate surface area is 111 Å². The van der Waals surface area contributed by atoms with Crippen LogP contribution in [-0.4, -0.2) is 46.9 Å². The van der Waals surface area contributed by atoms with Gasteiger partial charge in [0.1, 0.15) is 11.5 Å². The Balaban J connectivity index is 2.24. The Bertz CT molecular complexity index is 417. The van der Waals surface area contributed by atoms with Crippen LogP contribution in [0.15, 0.2) is 5.16 Å². The second-order valence-electron chi connectivity index (χ2n) is 5.13. The number of amidine groups is 1. The number of carbonyl (C=O) groups excluding carboxylic acids is 2. The molecule has 1 aliphatic heterocycles. The molecule has 7 nitrogen and oxygen atoms in total. The zero-order valence-electron chi connectivity index (χ0n) is 11.1. The molecule has 106 valence electrons. The van der Waals surface area contributed by atoms with Crippen molar-refractivity contribution in [3.05, 3.63) is 0 Å². The molecule has 19 heavy (non-hydrogen) atoms. The van der Waals surface area contributed by atoms with Crippen LogP contribution < -0.4 is 11.1 Å². The lowest BCUT2D eigenvalue weighted by molar-refractivity contribution is -0.151. The number of hydrogen-bond acceptors (Lipinski definition) is 4. The van der Waals surface area contributed by atoms with E-state index in [1.165, 1.54) is 0 Å². The maximum Gasteiger partial charge on any atom is 0.242 e. The van der Waals surface area contributed by atoms with Gasteiger partial charge in [-0.3, -0.25) is 9.59 Å². The minimum Gasteiger partial charge on any atom is -0.409 e. The topological polar surface area (TPSA) is 108 Å². The summed E-state index contributed by atoms with van der Waals surface area (Å²) in [7, 11) is 0. The molecule has 1 atom stereocenters. The molecule has 2 fully saturated rings. The monoisotopic (exact) mass is 268 g/mol. The zero-order chi connectivity index (χ0) is 14.0. The van der Waals surface area contributed by atoms with Crippen LogP contribution in [0.4, 0.5) is 0 Å². The van der Waals surface area contributed by atoms with Crippen molar-refractivity contribution in [3.8, 4) is 0 Å². The minimum absolute atomic E-state index is 0.0374. The van der Waals surface area contributed by atoms with Gasteiger partial charge in [0.2, 0.25) is 11.8 Å². The van der Waals surface area contributed by atoms with E-state index < -0.39 is 11.5 Å². The van der Waals surface area contributed by atoms with Crippen molar-refractivity contribution in [1.29, 1.82) is 0 Å². The second-order valence-corrected chi connectivity index (χ2v) is 5.13. The van der Waals surface area contributed by atoms with Crippen LogP contribution in [0.25, 0.3) is 0 Å². The molecule has 1 saturated heterocycles. The molecule has 7 heteroatoms. The first-order valence-corrected chi connectivity index (χ1v) is 6.63. The van der Waals surface area contributed by atoms with E-state index in [4.69, 9.17) is 10.9 Å². The van der Waals surface area contributed by atoms with E-state index >= 15 is 0 Å². The van der Waals surface area contributed by atoms with E-state index in [1.807, 2.05) is 6.92 Å². The SMILES string of the molecule is CCC1C(=O)NCCN1C(=O)C1(C(N)=NO)CCC1. The van der Waals surface area contributed by atoms with Gasteiger partial charge in [0, 0.05) is 13.1 Å². The molecular formula is C12H20N4O3. The number of nitrogens with zero attached hydrogens (tertiary/aromatic N) is 2. The third kappa shape index (κ3) is 2.02. The first-order chi connectivity index (χ1) is 9.06. The van der Waals surface area contributed by atoms with Crippen LogP contribution in [0, 0.1) is 5.41 Å². The molecular weight excluding hydrogens is 248 g/mol. The lowest BCUT2D eigenvalue weighted by Crippen LogP contribution is -2.63. The Morgan fingerprint density at radius 1 is 1.63 bits per heavy atom. The fraction of sp³-hybridized carbons (Fsp3) is 0.750. The van der Waals surface area contributed by atoms with E-state index in [0.29, 0.717) is 32.4 Å². The van der Waals surface area contributed by atoms with Gasteiger partial charge in [0.15, 0.2) is 5.84 Å². The quantitative estimate of drug-likeness (QED) is 0.281. The fourth-order valence-electron chi connectivity index (χ4n) is 2.84. The summed E-state index contributed by atoms with van der Waals surface area (Å²) in [5, 5.41) is 14.6. The molecule has 1 aliphatic carbocycles. The first kappa shape index (κ1) is 13.6. The normalized spacial score (nSPS) is 26.6. The molecule has 0 aromatic rings. The lowest BCUT2D eigenvalue weighted by atomic mass is 9.66. The van der Waals surface area contributed by atoms with Gasteiger partial charge in [-0.25, -0.2) is 0 Å². The molecule has 1 saturated carbocycles. The molecule has 0 bridgehead atoms. The summed E-state index contributed by atoms with van der Waals surface area (Å²) in [5.74, 6) is -0.351. The van der Waals surface area contributed by atoms with Gasteiger partial charge in [-0.05, 0) is 19.3 Å². The number of nitrogens with two attached hydrogens (primary N) is 1. The highest BCUT2D eigenvalue weighted by Crippen LogP contribution is 2.43. The van der Waals surface area contributed by atoms with Crippen LogP contribution in [0.2, 0.25) is 0 Å². The van der Waals surface area contributed by atoms with E-state index in [0.717, 1.165) is 6.42 Å². The summed E-state index contributed by atoms with van der Waals surface area (Å²) in [6.07, 6.45) is 2.59. The van der Waals surface area contributed by atoms with Gasteiger partial charge in [-0.2, -0.15) is 0 Å². The average Bonchev–Trinajstić information content (AvgIpc) is 2.36. The second kappa shape index (κ2) is 5.07. The third-order valence-electron chi connectivity index (χ3n) is 4.19. The summed E-state index contributed by atoms with van der Waals surface area (Å²) in [4.78, 5) is 26.1. The maximum absolute atomic E-state index is 12.7. The van der Waals surface area contributed by atoms with Crippen LogP contribution in [0.3, 0.4) is 0 Å². The van der Waals surface area contributed by atoms with Gasteiger partial charge in [-0.1, -0.05) is 18.5 Å². The molecule has 1 unspecified atom stereocenters. The van der Waals surface area contributed by atoms with Crippen LogP contribution >= 0.6 is 0 Å². The molecule has 2 amide bonds. The smallest absolute Gasteiger partial charge is 0.242 e. The Hall–Kier alpha value is -1.79. The van der Waals surface area contributed by atoms with E-state index in [2.05, 4.69) is 10.5 Å². The predicted molar refractivity (Wildman–Crippen MR) is 68.5 cm³/mol. The number of nitrogens with one attached hydrogen (secondary N) is 1. The van der Waals surface area contributed by atoms with E-state index in [9.17, 15) is 9.59 Å². The van der Waals surface area contributed by atoms with Gasteiger partial charge in [-0.15, -0.1) is 0 Å². The molecule has 0 spiro atoms. The number of oxime groups is 1. The Kier molecular flexibility index (Phi) is 3.64. The van der Waals surface area contributed by atoms with E-state index in [1.54, 1.807) is 4.90 Å². The van der Waals surface area contributed by atoms with Crippen LogP contribution in [0.5, 0.6) is 0 Å². The standard InChI is InChI=1S/C12H20N4O3/c1-2-8-9(17)14-6-7-16(8)11(18)12(4-3-5-12)10(13)15-19/h8,19H,2-7H2,1H3,(H2,13,15)(H,14,17). The van der Waals surface area contributed by atoms with Crippen molar-refractivity contribution >= 4 is 17.6 Å². The number of amides is 2. The van der Waals surface area contributed by atoms with Gasteiger partial charge >= 0.3 is 0 Å². The van der Waals surface area contributed by atoms with Gasteiger partial charge in [0.05, 0.1) is 0 Å². The average molecular weight is 268 g/mol. The maximum atomic E-state index is 12.7. The van der Waals surface area contributed by atoms with Crippen molar-refractivity contribution in [2.24, 2.45) is 16.3 Å². The van der Waals surface area contributed by atoms with Gasteiger partial charge in [0.25, 0.3) is 0 Å². The summed E-state index contributed by atoms with van der Waals surface area (Å²) in [6, 6.07) is -0.454. The first-order valence-electron chi connectivity index (χ1n) is 6.63. The number of rotatable bonds is 3. The molecule has 1 heterocycles. The number of hydrogen-bond donors (Lipinski definition) is 3. The lowest BCUT2D eigenvalue weighted by Gasteiger charge is -2.45. The van der Waals surface area contributed by atoms with Crippen LogP contribution in [-0.2, 0) is 9.59 Å². The molecule has 0 radical (unpaired) electrons. The van der Waals surface area contributed by atoms with Gasteiger partial charge < -0.3 is 21.2 Å². The third-order valence-corrected chi connectivity index (χ3v) is 4.19. The fourth-order valence-corrected chi connectivity index (χ4v) is 2.84. The molecule has 2 rings (SSSR count). The zero-order valence-corrected chi connectivity index (χ0v) is 11.1. The van der Waals surface area contributed by atoms with Crippen molar-refractivity contribution in [1.82, 2.24) is 10.2 Å². The highest BCUT2D eigenvalue weighted by molar-refractivity contribution is 6.08. The number of piperazine rings is 1. The predicted octanol–water partition coefficient (Wildman–Crippen LogP) is -0.360. The summed E-state index contributed by atoms with van der Waals surface area (Å²) in [5.41, 5.74) is 4.79. The largest absolute Gasteiger partial charge is 0.409 e. The van der Waals surface area contributed by atoms with E-state index in [-0.39, 0.29) is 17.6 Å². The molecule has 0 aromatic heterocycles. The Morgan fingerprint density at radius 3 is 2.79 bits per heavy atom. The highest BCUT2D eigenvalue weighted by atomic mass is 16.4. The van der Waals surface area contributed by atoms with Crippen LogP contribution in [0.1, 0.15) is 32.6 Å².